The van der Waals surface area contributed by atoms with E-state index in [1.807, 2.05) is 32.0 Å². The number of aryl methyl sites for hydroxylation is 2. The summed E-state index contributed by atoms with van der Waals surface area (Å²) in [4.78, 5) is 13.5. The van der Waals surface area contributed by atoms with E-state index in [9.17, 15) is 10.1 Å². The number of allylic oxidation sites excluding steroid dienone is 2. The molecule has 0 unspecified atom stereocenters. The first-order chi connectivity index (χ1) is 15.2. The third kappa shape index (κ3) is 4.75. The van der Waals surface area contributed by atoms with Crippen molar-refractivity contribution >= 4 is 40.9 Å². The second kappa shape index (κ2) is 9.91. The van der Waals surface area contributed by atoms with Crippen LogP contribution in [0.2, 0.25) is 10.0 Å². The Morgan fingerprint density at radius 2 is 1.94 bits per heavy atom. The number of nitrogens with two attached hydrogens (primary N) is 1. The lowest BCUT2D eigenvalue weighted by Gasteiger charge is -2.28. The Balaban J connectivity index is 2.08. The van der Waals surface area contributed by atoms with E-state index in [-0.39, 0.29) is 17.0 Å². The summed E-state index contributed by atoms with van der Waals surface area (Å²) in [5.74, 6) is -0.307. The summed E-state index contributed by atoms with van der Waals surface area (Å²) in [5, 5.41) is 11.0. The van der Waals surface area contributed by atoms with Crippen LogP contribution in [0.1, 0.15) is 35.1 Å². The Labute approximate surface area is 201 Å². The minimum Gasteiger partial charge on any atom is -0.466 e. The summed E-state index contributed by atoms with van der Waals surface area (Å²) in [5.41, 5.74) is 10.3. The summed E-state index contributed by atoms with van der Waals surface area (Å²) in [7, 11) is 1.30. The number of hydrogen-bond donors (Lipinski definition) is 1. The van der Waals surface area contributed by atoms with Crippen LogP contribution in [0.3, 0.4) is 0 Å². The first kappa shape index (κ1) is 24.1. The third-order valence-corrected chi connectivity index (χ3v) is 7.10. The van der Waals surface area contributed by atoms with Gasteiger partial charge >= 0.3 is 5.97 Å². The monoisotopic (exact) mass is 488 g/mol. The topological polar surface area (TPSA) is 85.3 Å². The Morgan fingerprint density at radius 3 is 2.59 bits per heavy atom. The van der Waals surface area contributed by atoms with Crippen molar-refractivity contribution in [3.63, 3.8) is 0 Å². The van der Waals surface area contributed by atoms with Crippen LogP contribution in [0.4, 0.5) is 0 Å². The van der Waals surface area contributed by atoms with Gasteiger partial charge in [-0.15, -0.1) is 11.8 Å². The predicted octanol–water partition coefficient (Wildman–Crippen LogP) is 6.16. The van der Waals surface area contributed by atoms with E-state index in [0.717, 1.165) is 27.1 Å². The number of benzene rings is 2. The van der Waals surface area contributed by atoms with Gasteiger partial charge in [0.2, 0.25) is 5.88 Å². The summed E-state index contributed by atoms with van der Waals surface area (Å²) in [6.45, 7) is 5.60. The number of hydrogen-bond acceptors (Lipinski definition) is 6. The van der Waals surface area contributed by atoms with E-state index in [4.69, 9.17) is 38.4 Å². The second-order valence-electron chi connectivity index (χ2n) is 7.38. The number of thioether (sulfide) groups is 1. The highest BCUT2D eigenvalue weighted by Crippen LogP contribution is 2.42. The number of esters is 1. The maximum atomic E-state index is 12.6. The molecule has 2 aromatic rings. The zero-order valence-corrected chi connectivity index (χ0v) is 20.4. The van der Waals surface area contributed by atoms with E-state index in [2.05, 4.69) is 6.07 Å². The normalized spacial score (nSPS) is 16.0. The van der Waals surface area contributed by atoms with Gasteiger partial charge in [-0.25, -0.2) is 4.79 Å². The molecule has 0 amide bonds. The van der Waals surface area contributed by atoms with Gasteiger partial charge in [-0.3, -0.25) is 0 Å². The largest absolute Gasteiger partial charge is 0.466 e. The fourth-order valence-corrected chi connectivity index (χ4v) is 5.25. The van der Waals surface area contributed by atoms with Crippen LogP contribution < -0.4 is 5.73 Å². The average Bonchev–Trinajstić information content (AvgIpc) is 2.74. The number of halogens is 2. The van der Waals surface area contributed by atoms with Crippen molar-refractivity contribution in [3.05, 3.63) is 85.4 Å². The Hall–Kier alpha value is -2.59. The van der Waals surface area contributed by atoms with Crippen molar-refractivity contribution in [3.8, 4) is 6.07 Å². The number of carbonyl (C=O) groups excluding carboxylic acids is 1. The van der Waals surface area contributed by atoms with Crippen molar-refractivity contribution in [1.82, 2.24) is 0 Å². The molecular weight excluding hydrogens is 467 g/mol. The van der Waals surface area contributed by atoms with Gasteiger partial charge < -0.3 is 15.2 Å². The van der Waals surface area contributed by atoms with Crippen LogP contribution in [0, 0.1) is 25.2 Å². The van der Waals surface area contributed by atoms with E-state index in [1.165, 1.54) is 7.11 Å². The van der Waals surface area contributed by atoms with Crippen molar-refractivity contribution in [2.75, 3.05) is 7.11 Å². The van der Waals surface area contributed by atoms with Gasteiger partial charge in [0, 0.05) is 15.7 Å². The van der Waals surface area contributed by atoms with Crippen molar-refractivity contribution in [2.45, 2.75) is 37.3 Å². The lowest BCUT2D eigenvalue weighted by Crippen LogP contribution is -2.25. The maximum Gasteiger partial charge on any atom is 0.338 e. The second-order valence-corrected chi connectivity index (χ2v) is 9.25. The molecular formula is C24H22Cl2N2O3S. The molecule has 3 rings (SSSR count). The molecule has 0 aromatic heterocycles. The van der Waals surface area contributed by atoms with E-state index in [0.29, 0.717) is 21.6 Å². The number of ether oxygens (including phenoxy) is 2. The molecule has 0 radical (unpaired) electrons. The first-order valence-electron chi connectivity index (χ1n) is 9.72. The van der Waals surface area contributed by atoms with Gasteiger partial charge in [0.15, 0.2) is 0 Å². The summed E-state index contributed by atoms with van der Waals surface area (Å²) < 4.78 is 10.5. The van der Waals surface area contributed by atoms with E-state index in [1.54, 1.807) is 30.8 Å². The summed E-state index contributed by atoms with van der Waals surface area (Å²) in [6.07, 6.45) is 0. The molecule has 2 aromatic carbocycles. The maximum absolute atomic E-state index is 12.6. The predicted molar refractivity (Wildman–Crippen MR) is 127 cm³/mol. The molecule has 0 fully saturated rings. The zero-order valence-electron chi connectivity index (χ0n) is 18.1. The summed E-state index contributed by atoms with van der Waals surface area (Å²) in [6, 6.07) is 11.5. The molecule has 8 heteroatoms. The van der Waals surface area contributed by atoms with Crippen LogP contribution in [-0.2, 0) is 20.0 Å². The fraction of sp³-hybridized carbons (Fsp3) is 0.250. The van der Waals surface area contributed by atoms with Crippen LogP contribution in [0.5, 0.6) is 0 Å². The molecule has 1 aliphatic rings. The zero-order chi connectivity index (χ0) is 23.6. The smallest absolute Gasteiger partial charge is 0.338 e. The highest BCUT2D eigenvalue weighted by molar-refractivity contribution is 7.98. The Morgan fingerprint density at radius 1 is 1.22 bits per heavy atom. The highest BCUT2D eigenvalue weighted by atomic mass is 35.5. The quantitative estimate of drug-likeness (QED) is 0.400. The third-order valence-electron chi connectivity index (χ3n) is 5.32. The van der Waals surface area contributed by atoms with Gasteiger partial charge in [-0.1, -0.05) is 35.3 Å². The van der Waals surface area contributed by atoms with Gasteiger partial charge in [-0.2, -0.15) is 5.26 Å². The lowest BCUT2D eigenvalue weighted by atomic mass is 9.80. The molecule has 0 saturated heterocycles. The molecule has 1 heterocycles. The SMILES string of the molecule is COC(=O)C1=C(C)OC(N)=C(C#N)[C@@H]1c1cc(CSc2cc(Cl)ccc2Cl)c(C)cc1C. The molecule has 0 bridgehead atoms. The van der Waals surface area contributed by atoms with Gasteiger partial charge in [0.05, 0.1) is 23.6 Å². The number of rotatable bonds is 5. The minimum atomic E-state index is -0.680. The minimum absolute atomic E-state index is 0.00994. The van der Waals surface area contributed by atoms with Gasteiger partial charge in [0.1, 0.15) is 17.4 Å². The van der Waals surface area contributed by atoms with Crippen LogP contribution in [0.25, 0.3) is 0 Å². The molecule has 0 spiro atoms. The van der Waals surface area contributed by atoms with E-state index < -0.39 is 11.9 Å². The standard InChI is InChI=1S/C24H22Cl2N2O3S/c1-12-7-13(2)17(8-15(12)11-32-20-9-16(25)5-6-19(20)26)22-18(10-27)23(28)31-14(3)21(22)24(29)30-4/h5-9,22H,11,28H2,1-4H3/t22-/m0/s1. The fourth-order valence-electron chi connectivity index (χ4n) is 3.69. The molecule has 1 aliphatic heterocycles. The number of nitrogens with zero attached hydrogens (tertiary/aromatic N) is 1. The number of carbonyl (C=O) groups is 1. The molecule has 2 N–H and O–H groups in total. The number of methoxy groups -OCH3 is 1. The molecule has 5 nitrogen and oxygen atoms in total. The number of nitriles is 1. The molecule has 32 heavy (non-hydrogen) atoms. The lowest BCUT2D eigenvalue weighted by molar-refractivity contribution is -0.136. The molecule has 0 saturated carbocycles. The van der Waals surface area contributed by atoms with Crippen LogP contribution in [0.15, 0.2) is 58.0 Å². The first-order valence-corrected chi connectivity index (χ1v) is 11.5. The molecule has 0 aliphatic carbocycles. The average molecular weight is 489 g/mol. The molecule has 166 valence electrons. The Kier molecular flexibility index (Phi) is 7.45. The van der Waals surface area contributed by atoms with Gasteiger partial charge in [-0.05, 0) is 61.2 Å². The van der Waals surface area contributed by atoms with Crippen molar-refractivity contribution in [2.24, 2.45) is 5.73 Å². The molecule has 1 atom stereocenters. The van der Waals surface area contributed by atoms with E-state index >= 15 is 0 Å². The van der Waals surface area contributed by atoms with Crippen LogP contribution >= 0.6 is 35.0 Å². The highest BCUT2D eigenvalue weighted by Gasteiger charge is 2.37. The van der Waals surface area contributed by atoms with Gasteiger partial charge in [0.25, 0.3) is 0 Å². The summed E-state index contributed by atoms with van der Waals surface area (Å²) >= 11 is 14.0. The Bertz CT molecular complexity index is 1200. The van der Waals surface area contributed by atoms with Crippen molar-refractivity contribution < 1.29 is 14.3 Å². The van der Waals surface area contributed by atoms with Crippen molar-refractivity contribution in [1.29, 1.82) is 5.26 Å². The van der Waals surface area contributed by atoms with Crippen LogP contribution in [-0.4, -0.2) is 13.1 Å².